The van der Waals surface area contributed by atoms with Crippen molar-refractivity contribution in [2.24, 2.45) is 12.5 Å². The molecule has 0 aromatic carbocycles. The normalized spacial score (nSPS) is 19.3. The number of aryl methyl sites for hydroxylation is 1. The summed E-state index contributed by atoms with van der Waals surface area (Å²) in [5.74, 6) is 0.961. The molecule has 0 amide bonds. The molecule has 0 saturated carbocycles. The van der Waals surface area contributed by atoms with Gasteiger partial charge in [-0.2, -0.15) is 5.10 Å². The molecule has 7 rings (SSSR count). The standard InChI is InChI=1S/C33H40N8O/c1-38-12-7-33(8-13-38)22-41(23-33)32-16-24(6-9-34-32)31(42)17-27-15-25-14-26(18-36-29(25)20-35-27)28-19-37-39(2)30(28)21-40-10-4-3-5-11-40/h6,9,14-16,18-20H,3-5,7-8,10-13,17,21-23H2,1-2H3. The SMILES string of the molecule is CN1CCC2(CC1)CN(c1cc(C(=O)Cc3cc4cc(-c5cnn(C)c5CN5CCCCC5)cnc4cn3)ccn1)C2. The molecular formula is C33H40N8O. The number of aromatic nitrogens is 5. The van der Waals surface area contributed by atoms with Crippen LogP contribution in [0.1, 0.15) is 53.8 Å². The summed E-state index contributed by atoms with van der Waals surface area (Å²) in [4.78, 5) is 34.5. The summed E-state index contributed by atoms with van der Waals surface area (Å²) < 4.78 is 1.99. The van der Waals surface area contributed by atoms with Crippen LogP contribution in [0.5, 0.6) is 0 Å². The molecule has 3 saturated heterocycles. The summed E-state index contributed by atoms with van der Waals surface area (Å²) in [6, 6.07) is 7.94. The molecule has 7 heterocycles. The van der Waals surface area contributed by atoms with Gasteiger partial charge in [-0.25, -0.2) is 4.98 Å². The number of pyridine rings is 3. The molecule has 3 fully saturated rings. The summed E-state index contributed by atoms with van der Waals surface area (Å²) in [5.41, 5.74) is 6.05. The number of hydrogen-bond donors (Lipinski definition) is 0. The summed E-state index contributed by atoms with van der Waals surface area (Å²) in [5, 5.41) is 5.57. The first-order chi connectivity index (χ1) is 20.4. The molecule has 42 heavy (non-hydrogen) atoms. The van der Waals surface area contributed by atoms with Crippen LogP contribution in [0.2, 0.25) is 0 Å². The molecule has 4 aromatic heterocycles. The highest BCUT2D eigenvalue weighted by atomic mass is 16.1. The number of ketones is 1. The van der Waals surface area contributed by atoms with Crippen molar-refractivity contribution < 1.29 is 4.79 Å². The van der Waals surface area contributed by atoms with Crippen LogP contribution in [0.25, 0.3) is 22.0 Å². The fourth-order valence-electron chi connectivity index (χ4n) is 6.91. The van der Waals surface area contributed by atoms with E-state index in [0.29, 0.717) is 11.0 Å². The zero-order chi connectivity index (χ0) is 28.7. The van der Waals surface area contributed by atoms with Crippen LogP contribution >= 0.6 is 0 Å². The van der Waals surface area contributed by atoms with Gasteiger partial charge in [0.15, 0.2) is 5.78 Å². The molecule has 0 unspecified atom stereocenters. The average molecular weight is 565 g/mol. The van der Waals surface area contributed by atoms with Gasteiger partial charge in [-0.1, -0.05) is 6.42 Å². The first-order valence-corrected chi connectivity index (χ1v) is 15.4. The minimum absolute atomic E-state index is 0.0558. The fourth-order valence-corrected chi connectivity index (χ4v) is 6.91. The maximum atomic E-state index is 13.4. The Hall–Kier alpha value is -3.69. The number of carbonyl (C=O) groups excluding carboxylic acids is 1. The molecule has 0 N–H and O–H groups in total. The number of Topliss-reactive ketones (excluding diaryl/α,β-unsaturated/α-hetero) is 1. The lowest BCUT2D eigenvalue weighted by atomic mass is 9.72. The molecule has 0 atom stereocenters. The lowest BCUT2D eigenvalue weighted by Crippen LogP contribution is -2.60. The highest BCUT2D eigenvalue weighted by Gasteiger charge is 2.44. The van der Waals surface area contributed by atoms with Gasteiger partial charge in [0.2, 0.25) is 0 Å². The van der Waals surface area contributed by atoms with Crippen LogP contribution in [0, 0.1) is 5.41 Å². The zero-order valence-electron chi connectivity index (χ0n) is 24.8. The first kappa shape index (κ1) is 27.2. The molecule has 9 heteroatoms. The van der Waals surface area contributed by atoms with E-state index in [0.717, 1.165) is 79.4 Å². The Bertz CT molecular complexity index is 1590. The number of rotatable bonds is 7. The van der Waals surface area contributed by atoms with Gasteiger partial charge in [0.1, 0.15) is 5.82 Å². The summed E-state index contributed by atoms with van der Waals surface area (Å²) in [7, 11) is 4.22. The molecule has 218 valence electrons. The number of anilines is 1. The Morgan fingerprint density at radius 3 is 2.52 bits per heavy atom. The Morgan fingerprint density at radius 1 is 0.905 bits per heavy atom. The molecular weight excluding hydrogens is 524 g/mol. The number of piperidine rings is 2. The number of nitrogens with zero attached hydrogens (tertiary/aromatic N) is 8. The van der Waals surface area contributed by atoms with Crippen LogP contribution in [0.15, 0.2) is 49.1 Å². The first-order valence-electron chi connectivity index (χ1n) is 15.4. The quantitative estimate of drug-likeness (QED) is 0.306. The Labute approximate surface area is 247 Å². The van der Waals surface area contributed by atoms with E-state index in [4.69, 9.17) is 4.98 Å². The topological polar surface area (TPSA) is 83.3 Å². The maximum Gasteiger partial charge on any atom is 0.169 e. The molecule has 3 aliphatic heterocycles. The van der Waals surface area contributed by atoms with Gasteiger partial charge in [-0.15, -0.1) is 0 Å². The van der Waals surface area contributed by atoms with E-state index in [9.17, 15) is 4.79 Å². The Balaban J connectivity index is 1.06. The predicted octanol–water partition coefficient (Wildman–Crippen LogP) is 4.37. The third-order valence-electron chi connectivity index (χ3n) is 9.65. The van der Waals surface area contributed by atoms with E-state index in [1.807, 2.05) is 42.3 Å². The van der Waals surface area contributed by atoms with Crippen molar-refractivity contribution >= 4 is 22.5 Å². The molecule has 3 aliphatic rings. The highest BCUT2D eigenvalue weighted by molar-refractivity contribution is 5.98. The Kier molecular flexibility index (Phi) is 7.23. The molecule has 1 spiro atoms. The third-order valence-corrected chi connectivity index (χ3v) is 9.65. The summed E-state index contributed by atoms with van der Waals surface area (Å²) >= 11 is 0. The van der Waals surface area contributed by atoms with Crippen molar-refractivity contribution in [1.82, 2.24) is 34.5 Å². The van der Waals surface area contributed by atoms with E-state index >= 15 is 0 Å². The fraction of sp³-hybridized carbons (Fsp3) is 0.485. The molecule has 0 bridgehead atoms. The predicted molar refractivity (Wildman–Crippen MR) is 165 cm³/mol. The molecule has 0 aliphatic carbocycles. The van der Waals surface area contributed by atoms with Gasteiger partial charge in [0.25, 0.3) is 0 Å². The van der Waals surface area contributed by atoms with Gasteiger partial charge in [-0.05, 0) is 83.2 Å². The van der Waals surface area contributed by atoms with Crippen molar-refractivity contribution in [3.8, 4) is 11.1 Å². The minimum atomic E-state index is 0.0558. The molecule has 4 aromatic rings. The highest BCUT2D eigenvalue weighted by Crippen LogP contribution is 2.42. The van der Waals surface area contributed by atoms with Gasteiger partial charge in [0.05, 0.1) is 30.0 Å². The second kappa shape index (κ2) is 11.2. The van der Waals surface area contributed by atoms with Crippen molar-refractivity contribution in [3.63, 3.8) is 0 Å². The number of fused-ring (bicyclic) bond motifs is 1. The summed E-state index contributed by atoms with van der Waals surface area (Å²) in [6.45, 7) is 7.56. The van der Waals surface area contributed by atoms with Crippen LogP contribution in [0.3, 0.4) is 0 Å². The third kappa shape index (κ3) is 5.43. The monoisotopic (exact) mass is 564 g/mol. The second-order valence-electron chi connectivity index (χ2n) is 12.7. The van der Waals surface area contributed by atoms with Crippen LogP contribution < -0.4 is 4.90 Å². The Morgan fingerprint density at radius 2 is 1.71 bits per heavy atom. The number of hydrogen-bond acceptors (Lipinski definition) is 8. The van der Waals surface area contributed by atoms with E-state index in [2.05, 4.69) is 42.9 Å². The van der Waals surface area contributed by atoms with E-state index < -0.39 is 0 Å². The van der Waals surface area contributed by atoms with Gasteiger partial charge >= 0.3 is 0 Å². The largest absolute Gasteiger partial charge is 0.355 e. The maximum absolute atomic E-state index is 13.4. The van der Waals surface area contributed by atoms with Crippen LogP contribution in [-0.4, -0.2) is 86.6 Å². The van der Waals surface area contributed by atoms with Gasteiger partial charge in [0, 0.05) is 72.3 Å². The van der Waals surface area contributed by atoms with Crippen molar-refractivity contribution in [3.05, 3.63) is 66.0 Å². The van der Waals surface area contributed by atoms with Crippen LogP contribution in [0.4, 0.5) is 5.82 Å². The smallest absolute Gasteiger partial charge is 0.169 e. The average Bonchev–Trinajstić information content (AvgIpc) is 3.36. The molecule has 0 radical (unpaired) electrons. The van der Waals surface area contributed by atoms with E-state index in [-0.39, 0.29) is 12.2 Å². The zero-order valence-corrected chi connectivity index (χ0v) is 24.8. The molecule has 9 nitrogen and oxygen atoms in total. The number of likely N-dealkylation sites (tertiary alicyclic amines) is 2. The minimum Gasteiger partial charge on any atom is -0.355 e. The van der Waals surface area contributed by atoms with Crippen molar-refractivity contribution in [2.75, 3.05) is 51.2 Å². The van der Waals surface area contributed by atoms with E-state index in [1.165, 1.54) is 37.8 Å². The second-order valence-corrected chi connectivity index (χ2v) is 12.7. The summed E-state index contributed by atoms with van der Waals surface area (Å²) in [6.07, 6.45) is 14.0. The van der Waals surface area contributed by atoms with Crippen LogP contribution in [-0.2, 0) is 20.0 Å². The van der Waals surface area contributed by atoms with Gasteiger partial charge in [-0.3, -0.25) is 24.3 Å². The van der Waals surface area contributed by atoms with E-state index in [1.54, 1.807) is 12.4 Å². The lowest BCUT2D eigenvalue weighted by Gasteiger charge is -2.54. The van der Waals surface area contributed by atoms with Crippen molar-refractivity contribution in [1.29, 1.82) is 0 Å². The van der Waals surface area contributed by atoms with Crippen molar-refractivity contribution in [2.45, 2.75) is 45.1 Å². The van der Waals surface area contributed by atoms with Gasteiger partial charge < -0.3 is 9.80 Å². The lowest BCUT2D eigenvalue weighted by molar-refractivity contribution is 0.0900. The number of carbonyl (C=O) groups is 1.